The smallest absolute Gasteiger partial charge is 0.348 e. The van der Waals surface area contributed by atoms with E-state index in [2.05, 4.69) is 4.74 Å². The minimum atomic E-state index is -6.64. The van der Waals surface area contributed by atoms with Gasteiger partial charge in [0.25, 0.3) is 5.91 Å². The van der Waals surface area contributed by atoms with Crippen LogP contribution < -0.4 is 5.32 Å². The van der Waals surface area contributed by atoms with E-state index in [1.807, 2.05) is 0 Å². The molecule has 3 nitrogen and oxygen atoms in total. The highest BCUT2D eigenvalue weighted by Gasteiger charge is 2.96. The molecule has 1 amide bonds. The fourth-order valence-electron chi connectivity index (χ4n) is 2.62. The lowest BCUT2D eigenvalue weighted by Gasteiger charge is -2.33. The maximum Gasteiger partial charge on any atom is 0.428 e. The molecule has 2 fully saturated rings. The predicted molar refractivity (Wildman–Crippen MR) is 59.7 cm³/mol. The summed E-state index contributed by atoms with van der Waals surface area (Å²) in [6.07, 6.45) is -4.16. The first-order valence-corrected chi connectivity index (χ1v) is 6.92. The molecule has 0 radical (unpaired) electrons. The van der Waals surface area contributed by atoms with Crippen LogP contribution in [0.4, 0.5) is 39.5 Å². The van der Waals surface area contributed by atoms with Crippen molar-refractivity contribution >= 4 is 5.91 Å². The lowest BCUT2D eigenvalue weighted by molar-refractivity contribution is -0.367. The van der Waals surface area contributed by atoms with Gasteiger partial charge in [0.15, 0.2) is 0 Å². The number of hydrogen-bond donors (Lipinski definition) is 1. The summed E-state index contributed by atoms with van der Waals surface area (Å²) in [7, 11) is 0. The van der Waals surface area contributed by atoms with Crippen LogP contribution in [-0.2, 0) is 9.53 Å². The zero-order valence-corrected chi connectivity index (χ0v) is 11.8. The summed E-state index contributed by atoms with van der Waals surface area (Å²) in [5.41, 5.74) is 0. The van der Waals surface area contributed by atoms with Gasteiger partial charge in [-0.1, -0.05) is 19.3 Å². The molecule has 0 bridgehead atoms. The van der Waals surface area contributed by atoms with E-state index in [0.29, 0.717) is 12.8 Å². The topological polar surface area (TPSA) is 38.3 Å². The number of alkyl halides is 9. The van der Waals surface area contributed by atoms with Gasteiger partial charge in [0, 0.05) is 6.04 Å². The van der Waals surface area contributed by atoms with Gasteiger partial charge in [0.05, 0.1) is 0 Å². The van der Waals surface area contributed by atoms with Crippen molar-refractivity contribution in [2.75, 3.05) is 0 Å². The van der Waals surface area contributed by atoms with Gasteiger partial charge < -0.3 is 5.32 Å². The molecular weight excluding hydrogens is 361 g/mol. The van der Waals surface area contributed by atoms with Crippen LogP contribution in [0.15, 0.2) is 0 Å². The van der Waals surface area contributed by atoms with Gasteiger partial charge in [-0.3, -0.25) is 9.53 Å². The lowest BCUT2D eigenvalue weighted by Crippen LogP contribution is -2.65. The summed E-state index contributed by atoms with van der Waals surface area (Å²) in [5.74, 6) is -28.1. The summed E-state index contributed by atoms with van der Waals surface area (Å²) in [4.78, 5) is 11.4. The van der Waals surface area contributed by atoms with Crippen LogP contribution in [0.2, 0.25) is 0 Å². The minimum Gasteiger partial charge on any atom is -0.348 e. The average molecular weight is 373 g/mol. The van der Waals surface area contributed by atoms with E-state index in [0.717, 1.165) is 6.42 Å². The Kier molecular flexibility index (Phi) is 4.30. The van der Waals surface area contributed by atoms with Crippen molar-refractivity contribution in [2.24, 2.45) is 0 Å². The molecule has 0 unspecified atom stereocenters. The first-order valence-electron chi connectivity index (χ1n) is 6.92. The first kappa shape index (κ1) is 19.1. The summed E-state index contributed by atoms with van der Waals surface area (Å²) >= 11 is 0. The third kappa shape index (κ3) is 2.36. The van der Waals surface area contributed by atoms with Crippen LogP contribution in [-0.4, -0.2) is 41.7 Å². The molecule has 1 heterocycles. The summed E-state index contributed by atoms with van der Waals surface area (Å²) in [6, 6.07) is -0.934. The van der Waals surface area contributed by atoms with Crippen LogP contribution in [0.25, 0.3) is 0 Å². The molecule has 1 aliphatic carbocycles. The van der Waals surface area contributed by atoms with Gasteiger partial charge in [-0.15, -0.1) is 0 Å². The summed E-state index contributed by atoms with van der Waals surface area (Å²) in [5, 5.41) is 1.52. The van der Waals surface area contributed by atoms with Crippen LogP contribution in [0.3, 0.4) is 0 Å². The molecule has 0 aromatic rings. The summed E-state index contributed by atoms with van der Waals surface area (Å²) in [6.45, 7) is 0. The van der Waals surface area contributed by atoms with Crippen molar-refractivity contribution in [2.45, 2.75) is 67.9 Å². The number of amides is 1. The molecule has 1 atom stereocenters. The van der Waals surface area contributed by atoms with Gasteiger partial charge in [-0.25, -0.2) is 0 Å². The normalized spacial score (nSPS) is 32.5. The lowest BCUT2D eigenvalue weighted by atomic mass is 9.94. The van der Waals surface area contributed by atoms with Crippen molar-refractivity contribution in [3.8, 4) is 0 Å². The Labute approximate surface area is 129 Å². The van der Waals surface area contributed by atoms with Gasteiger partial charge in [-0.2, -0.15) is 39.5 Å². The van der Waals surface area contributed by atoms with Gasteiger partial charge >= 0.3 is 29.7 Å². The van der Waals surface area contributed by atoms with Crippen molar-refractivity contribution in [1.29, 1.82) is 0 Å². The van der Waals surface area contributed by atoms with Crippen molar-refractivity contribution in [1.82, 2.24) is 5.32 Å². The molecular formula is C12H12F9NO2. The second-order valence-corrected chi connectivity index (χ2v) is 5.75. The number of rotatable bonds is 3. The molecule has 0 spiro atoms. The van der Waals surface area contributed by atoms with E-state index in [1.54, 1.807) is 0 Å². The molecule has 12 heteroatoms. The predicted octanol–water partition coefficient (Wildman–Crippen LogP) is 3.63. The molecule has 1 saturated heterocycles. The molecule has 140 valence electrons. The molecule has 2 rings (SSSR count). The Balaban J connectivity index is 2.31. The van der Waals surface area contributed by atoms with E-state index in [9.17, 15) is 44.3 Å². The van der Waals surface area contributed by atoms with Crippen LogP contribution in [0, 0.1) is 0 Å². The molecule has 0 aromatic carbocycles. The fourth-order valence-corrected chi connectivity index (χ4v) is 2.62. The Bertz CT molecular complexity index is 519. The monoisotopic (exact) mass is 373 g/mol. The maximum absolute atomic E-state index is 13.9. The zero-order chi connectivity index (χ0) is 18.6. The van der Waals surface area contributed by atoms with Gasteiger partial charge in [0.2, 0.25) is 0 Å². The largest absolute Gasteiger partial charge is 0.428 e. The zero-order valence-electron chi connectivity index (χ0n) is 11.8. The van der Waals surface area contributed by atoms with E-state index in [-0.39, 0.29) is 12.8 Å². The van der Waals surface area contributed by atoms with Crippen LogP contribution >= 0.6 is 0 Å². The van der Waals surface area contributed by atoms with E-state index in [4.69, 9.17) is 0 Å². The van der Waals surface area contributed by atoms with Crippen molar-refractivity contribution in [3.63, 3.8) is 0 Å². The molecule has 24 heavy (non-hydrogen) atoms. The molecule has 2 aliphatic rings. The second kappa shape index (κ2) is 5.40. The van der Waals surface area contributed by atoms with Crippen molar-refractivity contribution in [3.05, 3.63) is 0 Å². The Morgan fingerprint density at radius 2 is 1.42 bits per heavy atom. The number of carbonyl (C=O) groups excluding carboxylic acids is 1. The third-order valence-electron chi connectivity index (χ3n) is 4.06. The summed E-state index contributed by atoms with van der Waals surface area (Å²) < 4.78 is 122. The SMILES string of the molecule is O=C(NC1CCCCC1)C(F)(F)[C@@]1(F)OC(F)(F)C(F)(F)C1(F)F. The fraction of sp³-hybridized carbons (Fsp3) is 0.917. The van der Waals surface area contributed by atoms with Crippen LogP contribution in [0.1, 0.15) is 32.1 Å². The Hall–Kier alpha value is -1.20. The number of carbonyl (C=O) groups is 1. The van der Waals surface area contributed by atoms with Gasteiger partial charge in [0.1, 0.15) is 0 Å². The number of hydrogen-bond acceptors (Lipinski definition) is 2. The number of halogens is 9. The maximum atomic E-state index is 13.9. The Morgan fingerprint density at radius 1 is 0.917 bits per heavy atom. The van der Waals surface area contributed by atoms with E-state index < -0.39 is 41.7 Å². The standard InChI is InChI=1S/C12H12F9NO2/c13-8(14,7(23)22-6-4-2-1-3-5-6)11(19)9(15,16)10(17,18)12(20,21)24-11/h6H,1-5H2,(H,22,23)/t11-/m1/s1. The first-order chi connectivity index (χ1) is 10.7. The molecule has 1 saturated carbocycles. The molecule has 1 N–H and O–H groups in total. The highest BCUT2D eigenvalue weighted by molar-refractivity contribution is 5.85. The Morgan fingerprint density at radius 3 is 1.83 bits per heavy atom. The minimum absolute atomic E-state index is 0.171. The quantitative estimate of drug-likeness (QED) is 0.768. The second-order valence-electron chi connectivity index (χ2n) is 5.75. The van der Waals surface area contributed by atoms with E-state index >= 15 is 0 Å². The highest BCUT2D eigenvalue weighted by atomic mass is 19.4. The van der Waals surface area contributed by atoms with Crippen LogP contribution in [0.5, 0.6) is 0 Å². The third-order valence-corrected chi connectivity index (χ3v) is 4.06. The average Bonchev–Trinajstić information content (AvgIpc) is 2.55. The van der Waals surface area contributed by atoms with Gasteiger partial charge in [-0.05, 0) is 12.8 Å². The molecule has 1 aliphatic heterocycles. The van der Waals surface area contributed by atoms with Crippen molar-refractivity contribution < 1.29 is 49.0 Å². The number of nitrogens with one attached hydrogen (secondary N) is 1. The molecule has 0 aromatic heterocycles. The van der Waals surface area contributed by atoms with E-state index in [1.165, 1.54) is 5.32 Å². The number of ether oxygens (including phenoxy) is 1. The highest BCUT2D eigenvalue weighted by Crippen LogP contribution is 2.64.